The van der Waals surface area contributed by atoms with Gasteiger partial charge in [-0.05, 0) is 48.3 Å². The van der Waals surface area contributed by atoms with Gasteiger partial charge < -0.3 is 10.4 Å². The van der Waals surface area contributed by atoms with E-state index in [-0.39, 0.29) is 30.4 Å². The zero-order valence-corrected chi connectivity index (χ0v) is 11.0. The van der Waals surface area contributed by atoms with Crippen LogP contribution in [0.5, 0.6) is 0 Å². The maximum atomic E-state index is 13.0. The van der Waals surface area contributed by atoms with Crippen molar-refractivity contribution in [1.29, 1.82) is 0 Å². The Hall–Kier alpha value is -1.49. The summed E-state index contributed by atoms with van der Waals surface area (Å²) in [5.41, 5.74) is 0.371. The molecule has 0 aliphatic heterocycles. The van der Waals surface area contributed by atoms with Crippen molar-refractivity contribution in [2.24, 2.45) is 17.3 Å². The number of carbonyl (C=O) groups excluding carboxylic acids is 1. The molecule has 3 aliphatic carbocycles. The Bertz CT molecular complexity index is 520. The standard InChI is InChI=1S/C15H17F2NO2/c16-11-1-9(2-12(17)3-11)7-18-14(20)13-6-15(8-19)4-10(13)5-15/h1-3,10,13,19H,4-8H2,(H,18,20)/t10?,13-,15?/m0/s1. The van der Waals surface area contributed by atoms with Gasteiger partial charge in [0.05, 0.1) is 0 Å². The second-order valence-electron chi connectivity index (χ2n) is 6.13. The maximum Gasteiger partial charge on any atom is 0.223 e. The highest BCUT2D eigenvalue weighted by atomic mass is 19.1. The molecule has 3 aliphatic rings. The first kappa shape index (κ1) is 13.5. The molecule has 2 N–H and O–H groups in total. The number of fused-ring (bicyclic) bond motifs is 1. The van der Waals surface area contributed by atoms with Gasteiger partial charge in [-0.3, -0.25) is 4.79 Å². The van der Waals surface area contributed by atoms with Crippen molar-refractivity contribution in [3.05, 3.63) is 35.4 Å². The zero-order valence-electron chi connectivity index (χ0n) is 11.0. The van der Waals surface area contributed by atoms with Crippen LogP contribution in [0.1, 0.15) is 24.8 Å². The highest BCUT2D eigenvalue weighted by Gasteiger charge is 2.57. The number of aliphatic hydroxyl groups excluding tert-OH is 1. The normalized spacial score (nSPS) is 30.9. The summed E-state index contributed by atoms with van der Waals surface area (Å²) in [6.45, 7) is 0.269. The van der Waals surface area contributed by atoms with Gasteiger partial charge in [-0.15, -0.1) is 0 Å². The van der Waals surface area contributed by atoms with Gasteiger partial charge in [0.25, 0.3) is 0 Å². The van der Waals surface area contributed by atoms with Crippen LogP contribution in [0, 0.1) is 28.9 Å². The Morgan fingerprint density at radius 3 is 2.45 bits per heavy atom. The second-order valence-corrected chi connectivity index (χ2v) is 6.13. The predicted molar refractivity (Wildman–Crippen MR) is 68.6 cm³/mol. The molecular formula is C15H17F2NO2. The van der Waals surface area contributed by atoms with Crippen LogP contribution in [0.15, 0.2) is 18.2 Å². The van der Waals surface area contributed by atoms with Crippen molar-refractivity contribution >= 4 is 5.91 Å². The molecule has 1 aromatic carbocycles. The highest BCUT2D eigenvalue weighted by molar-refractivity contribution is 5.80. The first-order chi connectivity index (χ1) is 9.51. The minimum absolute atomic E-state index is 0.0440. The van der Waals surface area contributed by atoms with Gasteiger partial charge in [-0.25, -0.2) is 8.78 Å². The van der Waals surface area contributed by atoms with Gasteiger partial charge in [0, 0.05) is 25.1 Å². The van der Waals surface area contributed by atoms with Gasteiger partial charge >= 0.3 is 0 Å². The number of rotatable bonds is 4. The molecule has 1 aromatic rings. The van der Waals surface area contributed by atoms with Crippen molar-refractivity contribution in [2.75, 3.05) is 6.61 Å². The molecule has 3 saturated carbocycles. The van der Waals surface area contributed by atoms with Crippen molar-refractivity contribution in [1.82, 2.24) is 5.32 Å². The van der Waals surface area contributed by atoms with Crippen molar-refractivity contribution in [3.8, 4) is 0 Å². The molecule has 3 nitrogen and oxygen atoms in total. The van der Waals surface area contributed by atoms with E-state index < -0.39 is 11.6 Å². The van der Waals surface area contributed by atoms with E-state index in [9.17, 15) is 18.7 Å². The van der Waals surface area contributed by atoms with E-state index in [1.165, 1.54) is 12.1 Å². The van der Waals surface area contributed by atoms with E-state index in [1.807, 2.05) is 0 Å². The topological polar surface area (TPSA) is 49.3 Å². The summed E-state index contributed by atoms with van der Waals surface area (Å²) in [5, 5.41) is 12.1. The molecule has 0 aromatic heterocycles. The minimum Gasteiger partial charge on any atom is -0.396 e. The van der Waals surface area contributed by atoms with Crippen LogP contribution in [0.25, 0.3) is 0 Å². The average Bonchev–Trinajstić information content (AvgIpc) is 2.90. The highest BCUT2D eigenvalue weighted by Crippen LogP contribution is 2.61. The second kappa shape index (κ2) is 4.81. The molecule has 20 heavy (non-hydrogen) atoms. The number of amides is 1. The molecule has 108 valence electrons. The van der Waals surface area contributed by atoms with Crippen LogP contribution in [0.3, 0.4) is 0 Å². The lowest BCUT2D eigenvalue weighted by molar-refractivity contribution is -0.125. The Kier molecular flexibility index (Phi) is 3.24. The van der Waals surface area contributed by atoms with Crippen LogP contribution in [0.4, 0.5) is 8.78 Å². The zero-order chi connectivity index (χ0) is 14.3. The number of aliphatic hydroxyl groups is 1. The molecule has 2 bridgehead atoms. The Morgan fingerprint density at radius 2 is 1.90 bits per heavy atom. The molecule has 3 fully saturated rings. The quantitative estimate of drug-likeness (QED) is 0.886. The molecule has 0 radical (unpaired) electrons. The number of hydrogen-bond donors (Lipinski definition) is 2. The van der Waals surface area contributed by atoms with E-state index in [2.05, 4.69) is 5.32 Å². The lowest BCUT2D eigenvalue weighted by atomic mass is 9.70. The van der Waals surface area contributed by atoms with Crippen LogP contribution >= 0.6 is 0 Å². The van der Waals surface area contributed by atoms with Crippen molar-refractivity contribution in [2.45, 2.75) is 25.8 Å². The monoisotopic (exact) mass is 281 g/mol. The molecule has 0 spiro atoms. The third kappa shape index (κ3) is 2.30. The van der Waals surface area contributed by atoms with Gasteiger partial charge in [-0.1, -0.05) is 0 Å². The fraction of sp³-hybridized carbons (Fsp3) is 0.533. The summed E-state index contributed by atoms with van der Waals surface area (Å²) in [7, 11) is 0. The maximum absolute atomic E-state index is 13.0. The lowest BCUT2D eigenvalue weighted by Gasteiger charge is -2.36. The largest absolute Gasteiger partial charge is 0.396 e. The van der Waals surface area contributed by atoms with Crippen LogP contribution in [0.2, 0.25) is 0 Å². The molecule has 0 unspecified atom stereocenters. The molecule has 0 heterocycles. The molecule has 0 saturated heterocycles. The van der Waals surface area contributed by atoms with Gasteiger partial charge in [0.15, 0.2) is 0 Å². The van der Waals surface area contributed by atoms with Crippen LogP contribution in [-0.2, 0) is 11.3 Å². The summed E-state index contributed by atoms with van der Waals surface area (Å²) in [5.74, 6) is -1.08. The smallest absolute Gasteiger partial charge is 0.223 e. The first-order valence-electron chi connectivity index (χ1n) is 6.85. The number of benzene rings is 1. The fourth-order valence-electron chi connectivity index (χ4n) is 3.67. The van der Waals surface area contributed by atoms with E-state index in [1.54, 1.807) is 0 Å². The van der Waals surface area contributed by atoms with E-state index in [0.717, 1.165) is 25.3 Å². The molecule has 4 rings (SSSR count). The van der Waals surface area contributed by atoms with Gasteiger partial charge in [-0.2, -0.15) is 0 Å². The third-order valence-electron chi connectivity index (χ3n) is 4.67. The van der Waals surface area contributed by atoms with E-state index in [0.29, 0.717) is 11.5 Å². The number of hydrogen-bond acceptors (Lipinski definition) is 2. The van der Waals surface area contributed by atoms with Gasteiger partial charge in [0.1, 0.15) is 11.6 Å². The number of nitrogens with one attached hydrogen (secondary N) is 1. The van der Waals surface area contributed by atoms with Crippen molar-refractivity contribution < 1.29 is 18.7 Å². The number of halogens is 2. The SMILES string of the molecule is O=C(NCc1cc(F)cc(F)c1)[C@H]1CC2(CO)CC1C2. The van der Waals surface area contributed by atoms with E-state index in [4.69, 9.17) is 0 Å². The molecule has 1 amide bonds. The Balaban J connectivity index is 1.58. The fourth-order valence-corrected chi connectivity index (χ4v) is 3.67. The molecule has 5 heteroatoms. The summed E-state index contributed by atoms with van der Waals surface area (Å²) in [6.07, 6.45) is 2.55. The summed E-state index contributed by atoms with van der Waals surface area (Å²) >= 11 is 0. The average molecular weight is 281 g/mol. The predicted octanol–water partition coefficient (Wildman–Crippen LogP) is 1.99. The lowest BCUT2D eigenvalue weighted by Crippen LogP contribution is -2.34. The Labute approximate surface area is 116 Å². The number of carbonyl (C=O) groups is 1. The summed E-state index contributed by atoms with van der Waals surface area (Å²) in [4.78, 5) is 12.1. The summed E-state index contributed by atoms with van der Waals surface area (Å²) in [6, 6.07) is 3.24. The Morgan fingerprint density at radius 1 is 1.25 bits per heavy atom. The first-order valence-corrected chi connectivity index (χ1v) is 6.85. The van der Waals surface area contributed by atoms with Crippen molar-refractivity contribution in [3.63, 3.8) is 0 Å². The molecular weight excluding hydrogens is 264 g/mol. The molecule has 1 atom stereocenters. The third-order valence-corrected chi connectivity index (χ3v) is 4.67. The van der Waals surface area contributed by atoms with Crippen LogP contribution < -0.4 is 5.32 Å². The van der Waals surface area contributed by atoms with E-state index >= 15 is 0 Å². The summed E-state index contributed by atoms with van der Waals surface area (Å²) < 4.78 is 26.1. The van der Waals surface area contributed by atoms with Gasteiger partial charge in [0.2, 0.25) is 5.91 Å². The van der Waals surface area contributed by atoms with Crippen LogP contribution in [-0.4, -0.2) is 17.6 Å². The minimum atomic E-state index is -0.642.